The van der Waals surface area contributed by atoms with Crippen molar-refractivity contribution in [2.24, 2.45) is 5.10 Å². The van der Waals surface area contributed by atoms with Crippen molar-refractivity contribution >= 4 is 29.1 Å². The van der Waals surface area contributed by atoms with Gasteiger partial charge in [-0.05, 0) is 69.2 Å². The second-order valence-corrected chi connectivity index (χ2v) is 7.88. The number of esters is 1. The van der Waals surface area contributed by atoms with Gasteiger partial charge >= 0.3 is 5.97 Å². The number of anilines is 1. The van der Waals surface area contributed by atoms with Gasteiger partial charge < -0.3 is 19.1 Å². The van der Waals surface area contributed by atoms with Gasteiger partial charge in [-0.1, -0.05) is 11.6 Å². The predicted octanol–water partition coefficient (Wildman–Crippen LogP) is 4.17. The molecule has 8 heteroatoms. The van der Waals surface area contributed by atoms with Gasteiger partial charge in [0, 0.05) is 17.1 Å². The van der Waals surface area contributed by atoms with Crippen LogP contribution >= 0.6 is 11.6 Å². The zero-order valence-electron chi connectivity index (χ0n) is 18.1. The maximum absolute atomic E-state index is 12.6. The lowest BCUT2D eigenvalue weighted by Crippen LogP contribution is -2.55. The van der Waals surface area contributed by atoms with E-state index in [-0.39, 0.29) is 5.84 Å². The van der Waals surface area contributed by atoms with E-state index in [0.29, 0.717) is 30.5 Å². The summed E-state index contributed by atoms with van der Waals surface area (Å²) in [4.78, 5) is 14.6. The summed E-state index contributed by atoms with van der Waals surface area (Å²) in [5, 5.41) is 7.18. The van der Waals surface area contributed by atoms with Crippen LogP contribution < -0.4 is 14.5 Å². The van der Waals surface area contributed by atoms with Crippen LogP contribution in [0.15, 0.2) is 41.5 Å². The van der Waals surface area contributed by atoms with Gasteiger partial charge in [0.15, 0.2) is 17.2 Å². The topological polar surface area (TPSA) is 63.6 Å². The molecule has 0 spiro atoms. The number of carbonyl (C=O) groups excluding carboxylic acids is 1. The van der Waals surface area contributed by atoms with Gasteiger partial charge in [0.2, 0.25) is 5.84 Å². The van der Waals surface area contributed by atoms with Crippen molar-refractivity contribution in [1.29, 1.82) is 0 Å². The first-order valence-electron chi connectivity index (χ1n) is 10.4. The molecule has 2 aliphatic rings. The maximum Gasteiger partial charge on any atom is 0.375 e. The van der Waals surface area contributed by atoms with Crippen molar-refractivity contribution in [1.82, 2.24) is 4.90 Å². The van der Waals surface area contributed by atoms with Crippen LogP contribution in [-0.4, -0.2) is 43.6 Å². The Kier molecular flexibility index (Phi) is 5.71. The van der Waals surface area contributed by atoms with E-state index in [1.807, 2.05) is 60.2 Å². The molecule has 0 aliphatic carbocycles. The first-order valence-corrected chi connectivity index (χ1v) is 10.7. The number of ether oxygens (including phenoxy) is 3. The highest BCUT2D eigenvalue weighted by atomic mass is 35.5. The summed E-state index contributed by atoms with van der Waals surface area (Å²) in [5.41, 5.74) is 2.20. The largest absolute Gasteiger partial charge is 0.490 e. The van der Waals surface area contributed by atoms with Gasteiger partial charge in [0.25, 0.3) is 0 Å². The van der Waals surface area contributed by atoms with E-state index in [9.17, 15) is 4.79 Å². The molecule has 0 saturated carbocycles. The van der Waals surface area contributed by atoms with Crippen molar-refractivity contribution in [2.75, 3.05) is 31.9 Å². The maximum atomic E-state index is 12.6. The molecule has 0 amide bonds. The van der Waals surface area contributed by atoms with Crippen LogP contribution in [0, 0.1) is 0 Å². The second-order valence-electron chi connectivity index (χ2n) is 7.45. The van der Waals surface area contributed by atoms with Crippen molar-refractivity contribution < 1.29 is 19.0 Å². The quantitative estimate of drug-likeness (QED) is 0.624. The number of carbonyl (C=O) groups is 1. The van der Waals surface area contributed by atoms with Crippen LogP contribution in [0.2, 0.25) is 5.02 Å². The number of halogens is 1. The minimum absolute atomic E-state index is 0.275. The molecule has 2 aromatic rings. The first-order chi connectivity index (χ1) is 14.9. The van der Waals surface area contributed by atoms with Crippen molar-refractivity contribution in [3.8, 4) is 11.5 Å². The Balaban J connectivity index is 1.90. The van der Waals surface area contributed by atoms with E-state index in [0.717, 1.165) is 29.0 Å². The average Bonchev–Trinajstić information content (AvgIpc) is 3.08. The summed E-state index contributed by atoms with van der Waals surface area (Å²) in [7, 11) is 1.37. The Hall–Kier alpha value is -2.93. The first kappa shape index (κ1) is 21.3. The van der Waals surface area contributed by atoms with Crippen molar-refractivity contribution in [3.05, 3.63) is 52.5 Å². The minimum Gasteiger partial charge on any atom is -0.490 e. The summed E-state index contributed by atoms with van der Waals surface area (Å²) in [5.74, 6) is 1.21. The van der Waals surface area contributed by atoms with Crippen LogP contribution in [0.25, 0.3) is 0 Å². The average molecular weight is 444 g/mol. The molecule has 2 aromatic carbocycles. The highest BCUT2D eigenvalue weighted by Gasteiger charge is 2.52. The monoisotopic (exact) mass is 443 g/mol. The lowest BCUT2D eigenvalue weighted by Gasteiger charge is -2.46. The number of methoxy groups -OCH3 is 1. The molecule has 2 aliphatic heterocycles. The van der Waals surface area contributed by atoms with Gasteiger partial charge in [-0.25, -0.2) is 9.80 Å². The Labute approximate surface area is 187 Å². The third kappa shape index (κ3) is 3.47. The summed E-state index contributed by atoms with van der Waals surface area (Å²) in [6.45, 7) is 7.63. The molecule has 0 bridgehead atoms. The third-order valence-corrected chi connectivity index (χ3v) is 5.96. The molecule has 0 saturated heterocycles. The second kappa shape index (κ2) is 8.30. The van der Waals surface area contributed by atoms with Gasteiger partial charge in [-0.15, -0.1) is 5.10 Å². The summed E-state index contributed by atoms with van der Waals surface area (Å²) >= 11 is 6.11. The molecule has 0 N–H and O–H groups in total. The fourth-order valence-corrected chi connectivity index (χ4v) is 4.43. The highest BCUT2D eigenvalue weighted by molar-refractivity contribution is 6.36. The molecule has 0 radical (unpaired) electrons. The number of nitrogens with zero attached hydrogens (tertiary/aromatic N) is 3. The van der Waals surface area contributed by atoms with Crippen LogP contribution in [0.5, 0.6) is 11.5 Å². The normalized spacial score (nSPS) is 19.5. The Morgan fingerprint density at radius 1 is 1.13 bits per heavy atom. The van der Waals surface area contributed by atoms with Gasteiger partial charge in [0.05, 0.1) is 26.0 Å². The summed E-state index contributed by atoms with van der Waals surface area (Å²) in [6.07, 6.45) is 0.738. The minimum atomic E-state index is -0.748. The fourth-order valence-electron chi connectivity index (χ4n) is 4.30. The predicted molar refractivity (Wildman–Crippen MR) is 120 cm³/mol. The van der Waals surface area contributed by atoms with Crippen molar-refractivity contribution in [2.45, 2.75) is 32.9 Å². The molecule has 4 rings (SSSR count). The van der Waals surface area contributed by atoms with Gasteiger partial charge in [-0.3, -0.25) is 0 Å². The van der Waals surface area contributed by atoms with Crippen LogP contribution in [-0.2, 0) is 21.6 Å². The summed E-state index contributed by atoms with van der Waals surface area (Å²) in [6, 6.07) is 11.5. The molecular weight excluding hydrogens is 418 g/mol. The molecule has 31 heavy (non-hydrogen) atoms. The SMILES string of the molecule is CCOc1cc2c(cc1OCC)C1(C)N(CC2)C(C(=O)OC)=NN1c1ccc(Cl)cc1. The highest BCUT2D eigenvalue weighted by Crippen LogP contribution is 2.48. The molecule has 7 nitrogen and oxygen atoms in total. The van der Waals surface area contributed by atoms with Crippen LogP contribution in [0.1, 0.15) is 31.9 Å². The third-order valence-electron chi connectivity index (χ3n) is 5.71. The Morgan fingerprint density at radius 3 is 2.39 bits per heavy atom. The number of hydrogen-bond acceptors (Lipinski definition) is 7. The zero-order valence-corrected chi connectivity index (χ0v) is 18.9. The molecule has 1 atom stereocenters. The van der Waals surface area contributed by atoms with E-state index >= 15 is 0 Å². The molecule has 0 fully saturated rings. The standard InChI is InChI=1S/C23H26ClN3O4/c1-5-30-19-13-15-11-12-26-21(22(28)29-4)25-27(17-9-7-16(24)8-10-17)23(26,3)18(15)14-20(19)31-6-2/h7-10,13-14H,5-6,11-12H2,1-4H3. The molecule has 164 valence electrons. The van der Waals surface area contributed by atoms with E-state index in [1.54, 1.807) is 0 Å². The molecule has 2 heterocycles. The lowest BCUT2D eigenvalue weighted by molar-refractivity contribution is -0.133. The summed E-state index contributed by atoms with van der Waals surface area (Å²) < 4.78 is 16.8. The van der Waals surface area contributed by atoms with Crippen LogP contribution in [0.3, 0.4) is 0 Å². The number of fused-ring (bicyclic) bond motifs is 3. The lowest BCUT2D eigenvalue weighted by atomic mass is 9.87. The van der Waals surface area contributed by atoms with E-state index < -0.39 is 11.6 Å². The zero-order chi connectivity index (χ0) is 22.2. The Morgan fingerprint density at radius 2 is 1.77 bits per heavy atom. The molecule has 0 aromatic heterocycles. The number of rotatable bonds is 6. The smallest absolute Gasteiger partial charge is 0.375 e. The van der Waals surface area contributed by atoms with Gasteiger partial charge in [-0.2, -0.15) is 0 Å². The number of amidine groups is 1. The van der Waals surface area contributed by atoms with Gasteiger partial charge in [0.1, 0.15) is 0 Å². The molecular formula is C23H26ClN3O4. The van der Waals surface area contributed by atoms with Crippen molar-refractivity contribution in [3.63, 3.8) is 0 Å². The number of benzene rings is 2. The van der Waals surface area contributed by atoms with E-state index in [2.05, 4.69) is 6.92 Å². The fraction of sp³-hybridized carbons (Fsp3) is 0.391. The number of hydrogen-bond donors (Lipinski definition) is 0. The Bertz CT molecular complexity index is 1020. The number of hydrazone groups is 1. The molecule has 1 unspecified atom stereocenters. The van der Waals surface area contributed by atoms with Crippen LogP contribution in [0.4, 0.5) is 5.69 Å². The van der Waals surface area contributed by atoms with E-state index in [4.69, 9.17) is 30.9 Å². The van der Waals surface area contributed by atoms with E-state index in [1.165, 1.54) is 7.11 Å².